The lowest BCUT2D eigenvalue weighted by molar-refractivity contribution is -0.131. The molecule has 0 radical (unpaired) electrons. The lowest BCUT2D eigenvalue weighted by atomic mass is 10.3. The summed E-state index contributed by atoms with van der Waals surface area (Å²) < 4.78 is 0. The maximum absolute atomic E-state index is 10.8. The molecule has 0 atom stereocenters. The number of halogens is 1. The Morgan fingerprint density at radius 1 is 1.58 bits per heavy atom. The van der Waals surface area contributed by atoms with Crippen LogP contribution in [0.1, 0.15) is 13.3 Å². The molecule has 1 amide bonds. The fourth-order valence-electron chi connectivity index (χ4n) is 0.588. The maximum atomic E-state index is 10.8. The van der Waals surface area contributed by atoms with Gasteiger partial charge < -0.3 is 10.4 Å². The Hall–Kier alpha value is -0.840. The minimum Gasteiger partial charge on any atom is -0.478 e. The third kappa shape index (κ3) is 4.90. The summed E-state index contributed by atoms with van der Waals surface area (Å²) in [5.41, 5.74) is 0.409. The summed E-state index contributed by atoms with van der Waals surface area (Å²) in [5, 5.41) is 11.0. The molecule has 0 unspecified atom stereocenters. The van der Waals surface area contributed by atoms with Crippen LogP contribution in [-0.4, -0.2) is 22.3 Å². The highest BCUT2D eigenvalue weighted by molar-refractivity contribution is 9.09. The number of nitrogens with one attached hydrogen (secondary N) is 1. The number of carboxylic acid groups (broad SMARTS) is 1. The van der Waals surface area contributed by atoms with E-state index in [9.17, 15) is 9.59 Å². The predicted molar refractivity (Wildman–Crippen MR) is 47.9 cm³/mol. The third-order valence-corrected chi connectivity index (χ3v) is 1.61. The number of aliphatic carboxylic acids is 1. The largest absolute Gasteiger partial charge is 0.478 e. The van der Waals surface area contributed by atoms with Gasteiger partial charge in [-0.25, -0.2) is 4.79 Å². The fraction of sp³-hybridized carbons (Fsp3) is 0.429. The fourth-order valence-corrected chi connectivity index (χ4v) is 0.728. The number of carbonyl (C=O) groups is 2. The van der Waals surface area contributed by atoms with Gasteiger partial charge in [0.2, 0.25) is 5.91 Å². The number of rotatable bonds is 4. The highest BCUT2D eigenvalue weighted by Gasteiger charge is 2.02. The number of allylic oxidation sites excluding steroid dienone is 1. The molecule has 0 heterocycles. The van der Waals surface area contributed by atoms with Gasteiger partial charge in [0, 0.05) is 11.8 Å². The second-order valence-corrected chi connectivity index (χ2v) is 2.60. The van der Waals surface area contributed by atoms with Crippen molar-refractivity contribution >= 4 is 27.8 Å². The molecule has 0 aromatic carbocycles. The van der Waals surface area contributed by atoms with Crippen LogP contribution < -0.4 is 5.32 Å². The molecule has 0 saturated carbocycles. The Labute approximate surface area is 78.8 Å². The number of amides is 1. The van der Waals surface area contributed by atoms with Gasteiger partial charge in [0.25, 0.3) is 0 Å². The van der Waals surface area contributed by atoms with E-state index < -0.39 is 5.97 Å². The molecule has 5 heteroatoms. The normalized spacial score (nSPS) is 11.0. The van der Waals surface area contributed by atoms with Crippen molar-refractivity contribution < 1.29 is 14.7 Å². The highest BCUT2D eigenvalue weighted by atomic mass is 79.9. The SMILES string of the molecule is CC/C(=C\C(=O)O)NC(=O)CBr. The Bertz CT molecular complexity index is 213. The van der Waals surface area contributed by atoms with Gasteiger partial charge in [-0.15, -0.1) is 0 Å². The van der Waals surface area contributed by atoms with E-state index in [1.807, 2.05) is 0 Å². The van der Waals surface area contributed by atoms with E-state index in [-0.39, 0.29) is 11.2 Å². The molecule has 0 fully saturated rings. The van der Waals surface area contributed by atoms with Crippen LogP contribution in [-0.2, 0) is 9.59 Å². The minimum absolute atomic E-state index is 0.171. The molecule has 12 heavy (non-hydrogen) atoms. The molecule has 0 saturated heterocycles. The van der Waals surface area contributed by atoms with Crippen molar-refractivity contribution in [3.63, 3.8) is 0 Å². The zero-order valence-corrected chi connectivity index (χ0v) is 8.22. The van der Waals surface area contributed by atoms with Gasteiger partial charge in [-0.1, -0.05) is 22.9 Å². The number of alkyl halides is 1. The summed E-state index contributed by atoms with van der Waals surface area (Å²) in [4.78, 5) is 21.0. The average Bonchev–Trinajstić information content (AvgIpc) is 2.02. The van der Waals surface area contributed by atoms with Crippen LogP contribution in [0, 0.1) is 0 Å². The topological polar surface area (TPSA) is 66.4 Å². The smallest absolute Gasteiger partial charge is 0.330 e. The van der Waals surface area contributed by atoms with Gasteiger partial charge in [-0.05, 0) is 6.42 Å². The van der Waals surface area contributed by atoms with E-state index in [4.69, 9.17) is 5.11 Å². The van der Waals surface area contributed by atoms with E-state index >= 15 is 0 Å². The number of carbonyl (C=O) groups excluding carboxylic acids is 1. The molecule has 0 rings (SSSR count). The van der Waals surface area contributed by atoms with Gasteiger partial charge in [0.1, 0.15) is 0 Å². The Morgan fingerprint density at radius 3 is 2.50 bits per heavy atom. The lowest BCUT2D eigenvalue weighted by Crippen LogP contribution is -2.23. The minimum atomic E-state index is -1.05. The van der Waals surface area contributed by atoms with Crippen molar-refractivity contribution in [3.05, 3.63) is 11.8 Å². The van der Waals surface area contributed by atoms with E-state index in [0.717, 1.165) is 6.08 Å². The van der Waals surface area contributed by atoms with Gasteiger partial charge >= 0.3 is 5.97 Å². The van der Waals surface area contributed by atoms with E-state index in [1.54, 1.807) is 6.92 Å². The van der Waals surface area contributed by atoms with Gasteiger partial charge in [-0.3, -0.25) is 4.79 Å². The standard InChI is InChI=1S/C7H10BrNO3/c1-2-5(3-7(11)12)9-6(10)4-8/h3H,2,4H2,1H3,(H,9,10)(H,11,12)/b5-3+. The van der Waals surface area contributed by atoms with Crippen LogP contribution in [0.5, 0.6) is 0 Å². The third-order valence-electron chi connectivity index (χ3n) is 1.10. The number of carboxylic acids is 1. The van der Waals surface area contributed by atoms with Gasteiger partial charge in [0.05, 0.1) is 5.33 Å². The molecular formula is C7H10BrNO3. The Balaban J connectivity index is 4.17. The second-order valence-electron chi connectivity index (χ2n) is 2.04. The molecule has 0 spiro atoms. The van der Waals surface area contributed by atoms with Crippen molar-refractivity contribution in [1.29, 1.82) is 0 Å². The summed E-state index contributed by atoms with van der Waals surface area (Å²) in [6.07, 6.45) is 1.48. The summed E-state index contributed by atoms with van der Waals surface area (Å²) >= 11 is 2.95. The summed E-state index contributed by atoms with van der Waals surface area (Å²) in [6, 6.07) is 0. The molecule has 2 N–H and O–H groups in total. The quantitative estimate of drug-likeness (QED) is 0.562. The molecule has 0 bridgehead atoms. The lowest BCUT2D eigenvalue weighted by Gasteiger charge is -2.03. The predicted octanol–water partition coefficient (Wildman–Crippen LogP) is 0.876. The molecule has 0 aliphatic rings. The van der Waals surface area contributed by atoms with Gasteiger partial charge in [-0.2, -0.15) is 0 Å². The van der Waals surface area contributed by atoms with Crippen LogP contribution in [0.4, 0.5) is 0 Å². The van der Waals surface area contributed by atoms with Crippen LogP contribution in [0.15, 0.2) is 11.8 Å². The van der Waals surface area contributed by atoms with Crippen LogP contribution in [0.25, 0.3) is 0 Å². The van der Waals surface area contributed by atoms with Crippen molar-refractivity contribution in [1.82, 2.24) is 5.32 Å². The van der Waals surface area contributed by atoms with Crippen molar-refractivity contribution in [3.8, 4) is 0 Å². The van der Waals surface area contributed by atoms with Crippen LogP contribution in [0.3, 0.4) is 0 Å². The highest BCUT2D eigenvalue weighted by Crippen LogP contribution is 1.95. The van der Waals surface area contributed by atoms with Crippen LogP contribution in [0.2, 0.25) is 0 Å². The van der Waals surface area contributed by atoms with Crippen LogP contribution >= 0.6 is 15.9 Å². The molecule has 68 valence electrons. The summed E-state index contributed by atoms with van der Waals surface area (Å²) in [5.74, 6) is -1.30. The molecule has 4 nitrogen and oxygen atoms in total. The number of hydrogen-bond donors (Lipinski definition) is 2. The van der Waals surface area contributed by atoms with Gasteiger partial charge in [0.15, 0.2) is 0 Å². The molecular weight excluding hydrogens is 226 g/mol. The number of hydrogen-bond acceptors (Lipinski definition) is 2. The Morgan fingerprint density at radius 2 is 2.17 bits per heavy atom. The monoisotopic (exact) mass is 235 g/mol. The first-order valence-corrected chi connectivity index (χ1v) is 4.51. The van der Waals surface area contributed by atoms with E-state index in [0.29, 0.717) is 12.1 Å². The van der Waals surface area contributed by atoms with E-state index in [1.165, 1.54) is 0 Å². The first-order valence-electron chi connectivity index (χ1n) is 3.39. The molecule has 0 aromatic heterocycles. The maximum Gasteiger partial charge on any atom is 0.330 e. The van der Waals surface area contributed by atoms with Crippen molar-refractivity contribution in [2.24, 2.45) is 0 Å². The van der Waals surface area contributed by atoms with Crippen molar-refractivity contribution in [2.75, 3.05) is 5.33 Å². The Kier molecular flexibility index (Phi) is 5.36. The van der Waals surface area contributed by atoms with E-state index in [2.05, 4.69) is 21.2 Å². The zero-order valence-electron chi connectivity index (χ0n) is 6.63. The molecule has 0 aromatic rings. The van der Waals surface area contributed by atoms with Crippen molar-refractivity contribution in [2.45, 2.75) is 13.3 Å². The second kappa shape index (κ2) is 5.77. The molecule has 0 aliphatic carbocycles. The first-order chi connectivity index (χ1) is 5.60. The first kappa shape index (κ1) is 11.2. The average molecular weight is 236 g/mol. The molecule has 0 aliphatic heterocycles. The zero-order chi connectivity index (χ0) is 9.56. The summed E-state index contributed by atoms with van der Waals surface area (Å²) in [7, 11) is 0. The summed E-state index contributed by atoms with van der Waals surface area (Å²) in [6.45, 7) is 1.77.